The smallest absolute Gasteiger partial charge is 0.407 e. The quantitative estimate of drug-likeness (QED) is 0.396. The van der Waals surface area contributed by atoms with E-state index in [0.717, 1.165) is 38.9 Å². The summed E-state index contributed by atoms with van der Waals surface area (Å²) in [5.41, 5.74) is 0.178. The normalized spacial score (nSPS) is 25.5. The molecule has 2 N–H and O–H groups in total. The van der Waals surface area contributed by atoms with Crippen molar-refractivity contribution in [2.24, 2.45) is 5.41 Å². The Morgan fingerprint density at radius 1 is 1.27 bits per heavy atom. The molecule has 9 nitrogen and oxygen atoms in total. The summed E-state index contributed by atoms with van der Waals surface area (Å²) in [5, 5.41) is 6.13. The number of ether oxygens (including phenoxy) is 4. The first-order valence-electron chi connectivity index (χ1n) is 11.0. The standard InChI is InChI=1S/C20H37N3O6Si/c1-5-27-18(24)16(22-19(25)29-8-9-30(2,3)4)17(15-10-21-6-7-28-15)23-11-20(12-23)13-26-14-20/h15-17,21H,5-14H2,1-4H3,(H,22,25)/t15-,16+,17-/m1/s1. The van der Waals surface area contributed by atoms with Crippen molar-refractivity contribution < 1.29 is 28.5 Å². The predicted molar refractivity (Wildman–Crippen MR) is 114 cm³/mol. The molecule has 3 atom stereocenters. The summed E-state index contributed by atoms with van der Waals surface area (Å²) >= 11 is 0. The molecule has 0 aliphatic carbocycles. The van der Waals surface area contributed by atoms with Crippen molar-refractivity contribution in [1.29, 1.82) is 0 Å². The van der Waals surface area contributed by atoms with Gasteiger partial charge in [-0.25, -0.2) is 9.59 Å². The summed E-state index contributed by atoms with van der Waals surface area (Å²) in [6, 6.07) is -0.307. The van der Waals surface area contributed by atoms with Gasteiger partial charge >= 0.3 is 12.1 Å². The van der Waals surface area contributed by atoms with Crippen LogP contribution in [0.4, 0.5) is 4.79 Å². The number of likely N-dealkylation sites (tertiary alicyclic amines) is 1. The number of morpholine rings is 1. The van der Waals surface area contributed by atoms with E-state index in [9.17, 15) is 9.59 Å². The van der Waals surface area contributed by atoms with Gasteiger partial charge in [-0.3, -0.25) is 4.90 Å². The Hall–Kier alpha value is -1.20. The Bertz CT molecular complexity index is 596. The van der Waals surface area contributed by atoms with Gasteiger partial charge in [0.05, 0.1) is 45.2 Å². The van der Waals surface area contributed by atoms with Gasteiger partial charge in [0, 0.05) is 39.7 Å². The summed E-state index contributed by atoms with van der Waals surface area (Å²) in [6.45, 7) is 14.1. The topological polar surface area (TPSA) is 98.4 Å². The molecule has 0 aromatic rings. The highest BCUT2D eigenvalue weighted by Gasteiger charge is 2.55. The number of esters is 1. The Morgan fingerprint density at radius 2 is 2.00 bits per heavy atom. The van der Waals surface area contributed by atoms with Crippen LogP contribution in [-0.2, 0) is 23.7 Å². The molecule has 0 radical (unpaired) electrons. The Labute approximate surface area is 180 Å². The van der Waals surface area contributed by atoms with E-state index in [1.807, 2.05) is 0 Å². The number of nitrogens with one attached hydrogen (secondary N) is 2. The minimum absolute atomic E-state index is 0.178. The molecule has 0 bridgehead atoms. The number of alkyl carbamates (subject to hydrolysis) is 1. The largest absolute Gasteiger partial charge is 0.464 e. The van der Waals surface area contributed by atoms with E-state index >= 15 is 0 Å². The van der Waals surface area contributed by atoms with Crippen molar-refractivity contribution in [2.75, 3.05) is 59.2 Å². The van der Waals surface area contributed by atoms with Crippen LogP contribution in [-0.4, -0.2) is 102 Å². The van der Waals surface area contributed by atoms with Gasteiger partial charge in [-0.2, -0.15) is 0 Å². The molecule has 3 rings (SSSR count). The molecule has 0 unspecified atom stereocenters. The molecule has 10 heteroatoms. The molecule has 172 valence electrons. The van der Waals surface area contributed by atoms with Crippen molar-refractivity contribution in [1.82, 2.24) is 15.5 Å². The first kappa shape index (κ1) is 23.5. The number of hydrogen-bond donors (Lipinski definition) is 2. The van der Waals surface area contributed by atoms with Gasteiger partial charge in [0.2, 0.25) is 0 Å². The van der Waals surface area contributed by atoms with E-state index in [1.54, 1.807) is 6.92 Å². The first-order valence-corrected chi connectivity index (χ1v) is 14.7. The summed E-state index contributed by atoms with van der Waals surface area (Å²) in [4.78, 5) is 27.6. The lowest BCUT2D eigenvalue weighted by atomic mass is 9.76. The second kappa shape index (κ2) is 9.95. The number of hydrogen-bond acceptors (Lipinski definition) is 8. The second-order valence-corrected chi connectivity index (χ2v) is 15.4. The zero-order valence-electron chi connectivity index (χ0n) is 18.7. The van der Waals surface area contributed by atoms with Gasteiger partial charge in [-0.15, -0.1) is 0 Å². The summed E-state index contributed by atoms with van der Waals surface area (Å²) in [5.74, 6) is -0.454. The lowest BCUT2D eigenvalue weighted by molar-refractivity contribution is -0.213. The minimum Gasteiger partial charge on any atom is -0.464 e. The van der Waals surface area contributed by atoms with Crippen LogP contribution < -0.4 is 10.6 Å². The predicted octanol–water partition coefficient (Wildman–Crippen LogP) is 0.672. The van der Waals surface area contributed by atoms with Gasteiger partial charge in [0.15, 0.2) is 0 Å². The van der Waals surface area contributed by atoms with Gasteiger partial charge in [0.25, 0.3) is 0 Å². The number of carbonyl (C=O) groups is 2. The maximum Gasteiger partial charge on any atom is 0.407 e. The van der Waals surface area contributed by atoms with Gasteiger partial charge in [-0.05, 0) is 13.0 Å². The van der Waals surface area contributed by atoms with Gasteiger partial charge in [0.1, 0.15) is 6.04 Å². The highest BCUT2D eigenvalue weighted by molar-refractivity contribution is 6.76. The minimum atomic E-state index is -1.32. The molecule has 0 aromatic carbocycles. The maximum atomic E-state index is 12.9. The fourth-order valence-electron chi connectivity index (χ4n) is 4.20. The maximum absolute atomic E-state index is 12.9. The molecule has 3 aliphatic rings. The van der Waals surface area contributed by atoms with Crippen molar-refractivity contribution >= 4 is 20.1 Å². The fourth-order valence-corrected chi connectivity index (χ4v) is 4.91. The van der Waals surface area contributed by atoms with Crippen LogP contribution in [0.1, 0.15) is 6.92 Å². The van der Waals surface area contributed by atoms with Gasteiger partial charge < -0.3 is 29.6 Å². The molecule has 0 aromatic heterocycles. The molecule has 1 spiro atoms. The lowest BCUT2D eigenvalue weighted by Gasteiger charge is -2.59. The molecule has 3 aliphatic heterocycles. The van der Waals surface area contributed by atoms with E-state index in [-0.39, 0.29) is 24.2 Å². The molecule has 3 fully saturated rings. The van der Waals surface area contributed by atoms with E-state index in [4.69, 9.17) is 18.9 Å². The third-order valence-electron chi connectivity index (χ3n) is 5.89. The number of carbonyl (C=O) groups excluding carboxylic acids is 2. The highest BCUT2D eigenvalue weighted by Crippen LogP contribution is 2.40. The van der Waals surface area contributed by atoms with Crippen LogP contribution in [0.2, 0.25) is 25.7 Å². The van der Waals surface area contributed by atoms with E-state index in [1.165, 1.54) is 0 Å². The zero-order chi connectivity index (χ0) is 21.8. The Kier molecular flexibility index (Phi) is 7.78. The van der Waals surface area contributed by atoms with Gasteiger partial charge in [-0.1, -0.05) is 19.6 Å². The zero-order valence-corrected chi connectivity index (χ0v) is 19.7. The van der Waals surface area contributed by atoms with Crippen molar-refractivity contribution in [3.8, 4) is 0 Å². The summed E-state index contributed by atoms with van der Waals surface area (Å²) in [6.07, 6.45) is -0.809. The van der Waals surface area contributed by atoms with Crippen molar-refractivity contribution in [3.05, 3.63) is 0 Å². The van der Waals surface area contributed by atoms with Crippen molar-refractivity contribution in [3.63, 3.8) is 0 Å². The van der Waals surface area contributed by atoms with E-state index in [0.29, 0.717) is 19.8 Å². The third kappa shape index (κ3) is 5.94. The molecule has 0 saturated carbocycles. The Morgan fingerprint density at radius 3 is 2.53 bits per heavy atom. The SMILES string of the molecule is CCOC(=O)[C@@H](NC(=O)OCC[Si](C)(C)C)[C@@H]([C@H]1CNCCO1)N1CC2(COC2)C1. The lowest BCUT2D eigenvalue weighted by Crippen LogP contribution is -2.74. The molecular weight excluding hydrogens is 406 g/mol. The second-order valence-electron chi connectivity index (χ2n) is 9.82. The van der Waals surface area contributed by atoms with Crippen LogP contribution >= 0.6 is 0 Å². The first-order chi connectivity index (χ1) is 14.2. The molecule has 3 saturated heterocycles. The molecule has 3 heterocycles. The monoisotopic (exact) mass is 443 g/mol. The van der Waals surface area contributed by atoms with E-state index in [2.05, 4.69) is 35.2 Å². The Balaban J connectivity index is 1.69. The number of rotatable bonds is 9. The number of amides is 1. The molecular formula is C20H37N3O6Si. The molecule has 30 heavy (non-hydrogen) atoms. The average Bonchev–Trinajstić information content (AvgIpc) is 2.61. The molecule has 1 amide bonds. The van der Waals surface area contributed by atoms with Crippen LogP contribution in [0.25, 0.3) is 0 Å². The van der Waals surface area contributed by atoms with Crippen LogP contribution in [0.5, 0.6) is 0 Å². The fraction of sp³-hybridized carbons (Fsp3) is 0.900. The van der Waals surface area contributed by atoms with Crippen molar-refractivity contribution in [2.45, 2.75) is 50.8 Å². The summed E-state index contributed by atoms with van der Waals surface area (Å²) < 4.78 is 22.1. The third-order valence-corrected chi connectivity index (χ3v) is 7.60. The summed E-state index contributed by atoms with van der Waals surface area (Å²) in [7, 11) is -1.32. The van der Waals surface area contributed by atoms with Crippen LogP contribution in [0.15, 0.2) is 0 Å². The average molecular weight is 444 g/mol. The van der Waals surface area contributed by atoms with Crippen LogP contribution in [0.3, 0.4) is 0 Å². The van der Waals surface area contributed by atoms with E-state index < -0.39 is 26.2 Å². The van der Waals surface area contributed by atoms with Crippen LogP contribution in [0, 0.1) is 5.41 Å². The highest BCUT2D eigenvalue weighted by atomic mass is 28.3. The number of nitrogens with zero attached hydrogens (tertiary/aromatic N) is 1.